The number of fused-ring (bicyclic) bond motifs is 2. The van der Waals surface area contributed by atoms with Gasteiger partial charge < -0.3 is 33.2 Å². The molecule has 11 nitrogen and oxygen atoms in total. The van der Waals surface area contributed by atoms with E-state index in [4.69, 9.17) is 33.2 Å². The van der Waals surface area contributed by atoms with Crippen molar-refractivity contribution in [2.24, 2.45) is 0 Å². The Morgan fingerprint density at radius 1 is 0.262 bits per heavy atom. The average Bonchev–Trinajstić information content (AvgIpc) is 3.46. The summed E-state index contributed by atoms with van der Waals surface area (Å²) in [7, 11) is 9.97. The Labute approximate surface area is 486 Å². The van der Waals surface area contributed by atoms with Crippen molar-refractivity contribution in [2.45, 2.75) is 0 Å². The Morgan fingerprint density at radius 3 is 0.810 bits per heavy atom. The van der Waals surface area contributed by atoms with E-state index in [1.807, 2.05) is 66.7 Å². The zero-order chi connectivity index (χ0) is 59.1. The van der Waals surface area contributed by atoms with E-state index in [-0.39, 0.29) is 22.3 Å². The minimum absolute atomic E-state index is 0.201. The summed E-state index contributed by atoms with van der Waals surface area (Å²) in [6.45, 7) is 0. The van der Waals surface area contributed by atoms with Gasteiger partial charge in [0.05, 0.1) is 72.0 Å². The lowest BCUT2D eigenvalue weighted by molar-refractivity contribution is 0.0591. The van der Waals surface area contributed by atoms with Crippen molar-refractivity contribution in [3.05, 3.63) is 253 Å². The second kappa shape index (κ2) is 26.4. The first-order chi connectivity index (χ1) is 40.9. The van der Waals surface area contributed by atoms with Crippen LogP contribution in [0.1, 0.15) is 108 Å². The number of esters is 4. The highest BCUT2D eigenvalue weighted by molar-refractivity contribution is 6.09. The van der Waals surface area contributed by atoms with Crippen LogP contribution in [0, 0.1) is 71.0 Å². The van der Waals surface area contributed by atoms with Crippen LogP contribution in [0.15, 0.2) is 164 Å². The molecule has 0 bridgehead atoms. The number of carbonyl (C=O) groups excluding carboxylic acids is 4. The standard InChI is InChI=1S/C73H48O11/c1-78-59-38-24-47(25-39-59)14-28-55-32-18-51(44-65(55)70(74)81-4)22-36-57-34-20-49(42-67(57)72(76)83-6)16-30-53-10-8-12-61-63(53)46-64-54(11-9-13-62(64)69(61)80-3)31-17-50-21-35-58(68(43-50)73(77)84-7)37-23-52-19-33-56(66(45-52)71(75)82-5)29-15-48-26-40-60(79-2)41-27-48/h8-13,18-21,24-27,32-35,38-46H,1-7H3. The third kappa shape index (κ3) is 13.1. The lowest BCUT2D eigenvalue weighted by atomic mass is 9.95. The summed E-state index contributed by atoms with van der Waals surface area (Å²) in [5.74, 6) is 37.3. The van der Waals surface area contributed by atoms with E-state index in [0.29, 0.717) is 72.9 Å². The van der Waals surface area contributed by atoms with E-state index >= 15 is 0 Å². The van der Waals surface area contributed by atoms with Gasteiger partial charge in [-0.3, -0.25) is 0 Å². The lowest BCUT2D eigenvalue weighted by Crippen LogP contribution is -2.05. The van der Waals surface area contributed by atoms with E-state index in [1.165, 1.54) is 28.4 Å². The average molecular weight is 1100 g/mol. The molecule has 0 amide bonds. The highest BCUT2D eigenvalue weighted by atomic mass is 16.5. The predicted molar refractivity (Wildman–Crippen MR) is 321 cm³/mol. The molecule has 0 heterocycles. The number of methoxy groups -OCH3 is 7. The van der Waals surface area contributed by atoms with Gasteiger partial charge in [0, 0.05) is 88.3 Å². The maximum absolute atomic E-state index is 13.2. The first kappa shape index (κ1) is 56.8. The molecular weight excluding hydrogens is 1050 g/mol. The molecule has 9 rings (SSSR count). The topological polar surface area (TPSA) is 133 Å². The van der Waals surface area contributed by atoms with Crippen LogP contribution < -0.4 is 14.2 Å². The summed E-state index contributed by atoms with van der Waals surface area (Å²) in [5, 5.41) is 3.25. The van der Waals surface area contributed by atoms with Crippen LogP contribution in [0.4, 0.5) is 0 Å². The van der Waals surface area contributed by atoms with Gasteiger partial charge in [-0.1, -0.05) is 95.3 Å². The van der Waals surface area contributed by atoms with Crippen LogP contribution in [0.5, 0.6) is 17.2 Å². The Morgan fingerprint density at radius 2 is 0.536 bits per heavy atom. The molecule has 0 atom stereocenters. The molecule has 11 heteroatoms. The molecule has 0 saturated carbocycles. The molecule has 0 aromatic heterocycles. The van der Waals surface area contributed by atoms with Gasteiger partial charge in [0.2, 0.25) is 0 Å². The molecular formula is C73H48O11. The van der Waals surface area contributed by atoms with Gasteiger partial charge in [-0.05, 0) is 140 Å². The Balaban J connectivity index is 1.00. The minimum atomic E-state index is -0.605. The zero-order valence-electron chi connectivity index (χ0n) is 46.6. The normalized spacial score (nSPS) is 9.94. The summed E-state index contributed by atoms with van der Waals surface area (Å²) >= 11 is 0. The number of rotatable bonds is 7. The van der Waals surface area contributed by atoms with Crippen LogP contribution in [0.3, 0.4) is 0 Å². The Hall–Kier alpha value is -11.9. The smallest absolute Gasteiger partial charge is 0.339 e. The third-order valence-corrected chi connectivity index (χ3v) is 13.1. The molecule has 406 valence electrons. The molecule has 0 aliphatic carbocycles. The number of benzene rings is 9. The van der Waals surface area contributed by atoms with Crippen LogP contribution >= 0.6 is 0 Å². The van der Waals surface area contributed by atoms with Gasteiger partial charge in [-0.2, -0.15) is 0 Å². The number of hydrogen-bond acceptors (Lipinski definition) is 11. The predicted octanol–water partition coefficient (Wildman–Crippen LogP) is 11.6. The molecule has 9 aromatic rings. The van der Waals surface area contributed by atoms with Crippen molar-refractivity contribution >= 4 is 45.4 Å². The van der Waals surface area contributed by atoms with Crippen molar-refractivity contribution in [1.29, 1.82) is 0 Å². The van der Waals surface area contributed by atoms with Crippen LogP contribution in [-0.4, -0.2) is 73.6 Å². The van der Waals surface area contributed by atoms with E-state index in [9.17, 15) is 19.2 Å². The maximum Gasteiger partial charge on any atom is 0.339 e. The molecule has 0 unspecified atom stereocenters. The number of carbonyl (C=O) groups is 4. The van der Waals surface area contributed by atoms with E-state index in [1.54, 1.807) is 118 Å². The minimum Gasteiger partial charge on any atom is -0.497 e. The molecule has 84 heavy (non-hydrogen) atoms. The van der Waals surface area contributed by atoms with E-state index in [2.05, 4.69) is 71.0 Å². The number of ether oxygens (including phenoxy) is 7. The summed E-state index contributed by atoms with van der Waals surface area (Å²) in [4.78, 5) is 52.2. The van der Waals surface area contributed by atoms with Gasteiger partial charge in [-0.15, -0.1) is 0 Å². The molecule has 0 radical (unpaired) electrons. The largest absolute Gasteiger partial charge is 0.497 e. The zero-order valence-corrected chi connectivity index (χ0v) is 46.6. The third-order valence-electron chi connectivity index (χ3n) is 13.1. The van der Waals surface area contributed by atoms with E-state index in [0.717, 1.165) is 32.7 Å². The summed E-state index contributed by atoms with van der Waals surface area (Å²) < 4.78 is 37.0. The molecule has 0 N–H and O–H groups in total. The fraction of sp³-hybridized carbons (Fsp3) is 0.0959. The van der Waals surface area contributed by atoms with Crippen LogP contribution in [0.2, 0.25) is 0 Å². The van der Waals surface area contributed by atoms with Crippen molar-refractivity contribution in [3.63, 3.8) is 0 Å². The lowest BCUT2D eigenvalue weighted by Gasteiger charge is -2.12. The monoisotopic (exact) mass is 1100 g/mol. The van der Waals surface area contributed by atoms with Crippen LogP contribution in [-0.2, 0) is 18.9 Å². The molecule has 0 aliphatic rings. The molecule has 9 aromatic carbocycles. The highest BCUT2D eigenvalue weighted by Gasteiger charge is 2.17. The van der Waals surface area contributed by atoms with Crippen LogP contribution in [0.25, 0.3) is 21.5 Å². The summed E-state index contributed by atoms with van der Waals surface area (Å²) in [6, 6.07) is 48.3. The second-order valence-corrected chi connectivity index (χ2v) is 18.2. The van der Waals surface area contributed by atoms with Crippen molar-refractivity contribution in [1.82, 2.24) is 0 Å². The Kier molecular flexibility index (Phi) is 17.9. The first-order valence-corrected chi connectivity index (χ1v) is 25.8. The van der Waals surface area contributed by atoms with E-state index < -0.39 is 23.9 Å². The molecule has 0 aliphatic heterocycles. The van der Waals surface area contributed by atoms with Crippen molar-refractivity contribution < 1.29 is 52.3 Å². The maximum atomic E-state index is 13.2. The van der Waals surface area contributed by atoms with Crippen molar-refractivity contribution in [3.8, 4) is 88.3 Å². The van der Waals surface area contributed by atoms with Gasteiger partial charge in [-0.25, -0.2) is 19.2 Å². The number of hydrogen-bond donors (Lipinski definition) is 0. The first-order valence-electron chi connectivity index (χ1n) is 25.8. The quantitative estimate of drug-likeness (QED) is 0.0654. The molecule has 0 fully saturated rings. The summed E-state index contributed by atoms with van der Waals surface area (Å²) in [5.41, 5.74) is 7.47. The molecule has 0 spiro atoms. The Bertz CT molecular complexity index is 4250. The van der Waals surface area contributed by atoms with Gasteiger partial charge in [0.25, 0.3) is 0 Å². The van der Waals surface area contributed by atoms with Crippen molar-refractivity contribution in [2.75, 3.05) is 49.8 Å². The fourth-order valence-electron chi connectivity index (χ4n) is 8.79. The summed E-state index contributed by atoms with van der Waals surface area (Å²) in [6.07, 6.45) is 0. The SMILES string of the molecule is COC(=O)c1cc(C#Cc2ccc(C#Cc3cccc4c(OC)c5cccc(C#Cc6ccc(C#Cc7ccc(C#Cc8ccc(OC)cc8)c(C(=O)OC)c7)c(C(=O)OC)c6)c5cc34)cc2C(=O)OC)ccc1C#Cc1ccc(OC)cc1. The molecule has 0 saturated heterocycles. The van der Waals surface area contributed by atoms with Gasteiger partial charge in [0.15, 0.2) is 0 Å². The van der Waals surface area contributed by atoms with Gasteiger partial charge >= 0.3 is 23.9 Å². The van der Waals surface area contributed by atoms with Gasteiger partial charge in [0.1, 0.15) is 17.2 Å². The fourth-order valence-corrected chi connectivity index (χ4v) is 8.79. The highest BCUT2D eigenvalue weighted by Crippen LogP contribution is 2.37. The second-order valence-electron chi connectivity index (χ2n) is 18.2.